The van der Waals surface area contributed by atoms with Gasteiger partial charge < -0.3 is 0 Å². The summed E-state index contributed by atoms with van der Waals surface area (Å²) in [5, 5.41) is 2.61. The van der Waals surface area contributed by atoms with Gasteiger partial charge in [0, 0.05) is 0 Å². The van der Waals surface area contributed by atoms with Crippen LogP contribution in [0.3, 0.4) is 0 Å². The molecule has 0 bridgehead atoms. The van der Waals surface area contributed by atoms with Crippen LogP contribution in [0.4, 0.5) is 0 Å². The Hall–Kier alpha value is -2.86. The van der Waals surface area contributed by atoms with E-state index in [1.807, 2.05) is 19.9 Å². The maximum Gasteiger partial charge on any atom is -0.0156 e. The predicted octanol–water partition coefficient (Wildman–Crippen LogP) is 12.2. The summed E-state index contributed by atoms with van der Waals surface area (Å²) in [5.74, 6) is 0.680. The highest BCUT2D eigenvalue weighted by Gasteiger charge is 2.19. The molecule has 0 aromatic heterocycles. The summed E-state index contributed by atoms with van der Waals surface area (Å²) in [6.07, 6.45) is 13.5. The second-order valence-corrected chi connectivity index (χ2v) is 10.5. The Labute approximate surface area is 227 Å². The summed E-state index contributed by atoms with van der Waals surface area (Å²) in [6, 6.07) is 20.8. The van der Waals surface area contributed by atoms with Gasteiger partial charge in [0.2, 0.25) is 0 Å². The van der Waals surface area contributed by atoms with E-state index in [0.717, 1.165) is 6.42 Å². The molecule has 0 aliphatic heterocycles. The van der Waals surface area contributed by atoms with Crippen LogP contribution in [0.5, 0.6) is 0 Å². The van der Waals surface area contributed by atoms with E-state index in [1.54, 1.807) is 0 Å². The molecule has 0 N–H and O–H groups in total. The van der Waals surface area contributed by atoms with E-state index in [0.29, 0.717) is 5.92 Å². The Bertz CT molecular complexity index is 1230. The minimum atomic E-state index is 0.680. The number of benzene rings is 3. The molecule has 196 valence electrons. The first-order valence-corrected chi connectivity index (χ1v) is 14.7. The highest BCUT2D eigenvalue weighted by Crippen LogP contribution is 2.39. The van der Waals surface area contributed by atoms with Crippen LogP contribution < -0.4 is 0 Å². The summed E-state index contributed by atoms with van der Waals surface area (Å²) < 4.78 is 0. The highest BCUT2D eigenvalue weighted by atomic mass is 14.2. The fraction of sp³-hybridized carbons (Fsp3) is 0.405. The Morgan fingerprint density at radius 3 is 1.95 bits per heavy atom. The van der Waals surface area contributed by atoms with Crippen molar-refractivity contribution >= 4 is 22.4 Å². The Morgan fingerprint density at radius 1 is 0.757 bits per heavy atom. The van der Waals surface area contributed by atoms with Crippen LogP contribution in [0, 0.1) is 0 Å². The van der Waals surface area contributed by atoms with Crippen LogP contribution in [-0.4, -0.2) is 0 Å². The number of allylic oxidation sites excluding steroid dienone is 3. The molecule has 0 atom stereocenters. The lowest BCUT2D eigenvalue weighted by molar-refractivity contribution is 0.443. The van der Waals surface area contributed by atoms with E-state index in [2.05, 4.69) is 88.5 Å². The van der Waals surface area contributed by atoms with Gasteiger partial charge >= 0.3 is 0 Å². The predicted molar refractivity (Wildman–Crippen MR) is 168 cm³/mol. The molecule has 37 heavy (non-hydrogen) atoms. The summed E-state index contributed by atoms with van der Waals surface area (Å²) >= 11 is 0. The van der Waals surface area contributed by atoms with Gasteiger partial charge in [-0.1, -0.05) is 121 Å². The third kappa shape index (κ3) is 6.92. The van der Waals surface area contributed by atoms with E-state index in [-0.39, 0.29) is 0 Å². The second kappa shape index (κ2) is 14.2. The van der Waals surface area contributed by atoms with Crippen molar-refractivity contribution in [1.29, 1.82) is 0 Å². The van der Waals surface area contributed by atoms with Crippen LogP contribution in [0.2, 0.25) is 0 Å². The van der Waals surface area contributed by atoms with Crippen LogP contribution in [-0.2, 0) is 0 Å². The zero-order valence-corrected chi connectivity index (χ0v) is 24.1. The molecule has 1 fully saturated rings. The number of rotatable bonds is 4. The molecular formula is C37H48. The molecule has 3 aromatic rings. The second-order valence-electron chi connectivity index (χ2n) is 10.5. The van der Waals surface area contributed by atoms with Gasteiger partial charge in [-0.05, 0) is 107 Å². The first kappa shape index (κ1) is 28.7. The van der Waals surface area contributed by atoms with Gasteiger partial charge in [0.25, 0.3) is 0 Å². The quantitative estimate of drug-likeness (QED) is 0.340. The maximum atomic E-state index is 4.35. The lowest BCUT2D eigenvalue weighted by atomic mass is 9.81. The number of hydrogen-bond donors (Lipinski definition) is 0. The normalized spacial score (nSPS) is 16.0. The summed E-state index contributed by atoms with van der Waals surface area (Å²) in [6.45, 7) is 18.9. The average Bonchev–Trinajstić information content (AvgIpc) is 2.94. The smallest absolute Gasteiger partial charge is 0.0156 e. The van der Waals surface area contributed by atoms with Crippen molar-refractivity contribution < 1.29 is 0 Å². The van der Waals surface area contributed by atoms with Crippen molar-refractivity contribution in [3.63, 3.8) is 0 Å². The van der Waals surface area contributed by atoms with Gasteiger partial charge in [-0.25, -0.2) is 0 Å². The SMILES string of the molecule is C=Cc1ccc(-c2ccc3cc(C4=C(C)CCCC4=C)ccc3c2)cc1C1CCCCC1.CC.CCC. The average molecular weight is 493 g/mol. The van der Waals surface area contributed by atoms with E-state index < -0.39 is 0 Å². The Balaban J connectivity index is 0.000000711. The van der Waals surface area contributed by atoms with Crippen LogP contribution in [0.15, 0.2) is 78.9 Å². The van der Waals surface area contributed by atoms with Gasteiger partial charge in [0.15, 0.2) is 0 Å². The first-order chi connectivity index (χ1) is 18.0. The third-order valence-electron chi connectivity index (χ3n) is 7.62. The van der Waals surface area contributed by atoms with Gasteiger partial charge in [-0.2, -0.15) is 0 Å². The minimum absolute atomic E-state index is 0.680. The highest BCUT2D eigenvalue weighted by molar-refractivity contribution is 5.92. The Kier molecular flexibility index (Phi) is 11.0. The number of fused-ring (bicyclic) bond motifs is 1. The van der Waals surface area contributed by atoms with Gasteiger partial charge in [0.1, 0.15) is 0 Å². The van der Waals surface area contributed by atoms with Gasteiger partial charge in [-0.3, -0.25) is 0 Å². The molecule has 0 heterocycles. The summed E-state index contributed by atoms with van der Waals surface area (Å²) in [4.78, 5) is 0. The zero-order chi connectivity index (χ0) is 26.8. The van der Waals surface area contributed by atoms with Gasteiger partial charge in [0.05, 0.1) is 0 Å². The van der Waals surface area contributed by atoms with E-state index >= 15 is 0 Å². The molecule has 0 saturated heterocycles. The molecular weight excluding hydrogens is 444 g/mol. The van der Waals surface area contributed by atoms with Gasteiger partial charge in [-0.15, -0.1) is 0 Å². The van der Waals surface area contributed by atoms with Crippen molar-refractivity contribution in [2.24, 2.45) is 0 Å². The lowest BCUT2D eigenvalue weighted by Gasteiger charge is -2.24. The standard InChI is InChI=1S/C32H34.C3H8.C2H6/c1-4-24-13-14-29(21-31(24)25-11-6-5-7-12-25)27-15-16-28-20-30(18-17-26(28)19-27)32-22(2)9-8-10-23(32)3;1-3-2;1-2/h4,13-21,25H,1-2,5-12H2,3H3;3H2,1-2H3;1-2H3. The molecule has 0 nitrogen and oxygen atoms in total. The fourth-order valence-electron chi connectivity index (χ4n) is 5.86. The van der Waals surface area contributed by atoms with E-state index in [1.165, 1.54) is 107 Å². The van der Waals surface area contributed by atoms with Crippen molar-refractivity contribution in [1.82, 2.24) is 0 Å². The largest absolute Gasteiger partial charge is 0.0985 e. The van der Waals surface area contributed by atoms with Crippen molar-refractivity contribution in [2.75, 3.05) is 0 Å². The van der Waals surface area contributed by atoms with E-state index in [4.69, 9.17) is 0 Å². The lowest BCUT2D eigenvalue weighted by Crippen LogP contribution is -2.06. The van der Waals surface area contributed by atoms with Crippen LogP contribution >= 0.6 is 0 Å². The first-order valence-electron chi connectivity index (χ1n) is 14.7. The third-order valence-corrected chi connectivity index (χ3v) is 7.62. The summed E-state index contributed by atoms with van der Waals surface area (Å²) in [5.41, 5.74) is 10.9. The number of hydrogen-bond acceptors (Lipinski definition) is 0. The minimum Gasteiger partial charge on any atom is -0.0985 e. The molecule has 1 saturated carbocycles. The van der Waals surface area contributed by atoms with Crippen LogP contribution in [0.1, 0.15) is 115 Å². The molecule has 0 radical (unpaired) electrons. The van der Waals surface area contributed by atoms with Crippen molar-refractivity contribution in [2.45, 2.75) is 98.3 Å². The van der Waals surface area contributed by atoms with Crippen LogP contribution in [0.25, 0.3) is 33.5 Å². The topological polar surface area (TPSA) is 0 Å². The molecule has 2 aliphatic carbocycles. The molecule has 3 aromatic carbocycles. The van der Waals surface area contributed by atoms with Crippen molar-refractivity contribution in [3.05, 3.63) is 95.6 Å². The fourth-order valence-corrected chi connectivity index (χ4v) is 5.86. The monoisotopic (exact) mass is 492 g/mol. The van der Waals surface area contributed by atoms with E-state index in [9.17, 15) is 0 Å². The zero-order valence-electron chi connectivity index (χ0n) is 24.1. The molecule has 5 rings (SSSR count). The van der Waals surface area contributed by atoms with Crippen molar-refractivity contribution in [3.8, 4) is 11.1 Å². The summed E-state index contributed by atoms with van der Waals surface area (Å²) in [7, 11) is 0. The molecule has 2 aliphatic rings. The molecule has 0 unspecified atom stereocenters. The maximum absolute atomic E-state index is 4.35. The Morgan fingerprint density at radius 2 is 1.32 bits per heavy atom. The molecule has 0 amide bonds. The molecule has 0 heteroatoms. The molecule has 0 spiro atoms.